The number of ether oxygens (including phenoxy) is 1. The third-order valence-corrected chi connectivity index (χ3v) is 6.23. The lowest BCUT2D eigenvalue weighted by molar-refractivity contribution is 0.0240. The molecule has 7 nitrogen and oxygen atoms in total. The minimum Gasteiger partial charge on any atom is -0.478 e. The summed E-state index contributed by atoms with van der Waals surface area (Å²) in [6.45, 7) is 1.30. The van der Waals surface area contributed by atoms with Crippen LogP contribution in [0.2, 0.25) is 0 Å². The van der Waals surface area contributed by atoms with Crippen LogP contribution >= 0.6 is 0 Å². The van der Waals surface area contributed by atoms with Gasteiger partial charge in [0.25, 0.3) is 0 Å². The molecule has 0 aliphatic carbocycles. The van der Waals surface area contributed by atoms with Gasteiger partial charge in [-0.05, 0) is 12.1 Å². The van der Waals surface area contributed by atoms with Gasteiger partial charge in [0.2, 0.25) is 0 Å². The summed E-state index contributed by atoms with van der Waals surface area (Å²) in [6.07, 6.45) is 0.943. The van der Waals surface area contributed by atoms with Crippen molar-refractivity contribution in [2.75, 3.05) is 18.0 Å². The first-order valence-electron chi connectivity index (χ1n) is 11.9. The first-order valence-corrected chi connectivity index (χ1v) is 11.9. The molecule has 2 heterocycles. The molecule has 1 fully saturated rings. The Kier molecular flexibility index (Phi) is 6.71. The Hall–Kier alpha value is -4.52. The van der Waals surface area contributed by atoms with Gasteiger partial charge in [-0.15, -0.1) is 0 Å². The van der Waals surface area contributed by atoms with E-state index in [1.807, 2.05) is 66.7 Å². The highest BCUT2D eigenvalue weighted by Crippen LogP contribution is 2.28. The van der Waals surface area contributed by atoms with E-state index >= 15 is 0 Å². The van der Waals surface area contributed by atoms with Gasteiger partial charge in [-0.2, -0.15) is 0 Å². The molecular formula is C29H25N3O4. The number of hydrogen-bond donors (Lipinski definition) is 1. The van der Waals surface area contributed by atoms with Crippen LogP contribution < -0.4 is 4.90 Å². The van der Waals surface area contributed by atoms with Gasteiger partial charge in [0.15, 0.2) is 5.82 Å². The van der Waals surface area contributed by atoms with Crippen molar-refractivity contribution < 1.29 is 19.4 Å². The van der Waals surface area contributed by atoms with Crippen molar-refractivity contribution in [2.24, 2.45) is 0 Å². The molecule has 1 aliphatic heterocycles. The topological polar surface area (TPSA) is 92.6 Å². The predicted molar refractivity (Wildman–Crippen MR) is 137 cm³/mol. The first kappa shape index (κ1) is 23.2. The number of carboxylic acids is 1. The standard InChI is InChI=1S/C29H25N3O4/c33-28(34)23-13-7-8-14-24(23)29(35)36-22-15-17-32(18-16-22)26-19-25(20-9-3-1-4-10-20)30-27(31-26)21-11-5-2-6-12-21/h1-14,19,22H,15-18H2,(H,33,34). The molecule has 0 atom stereocenters. The normalized spacial score (nSPS) is 13.8. The van der Waals surface area contributed by atoms with Gasteiger partial charge in [-0.3, -0.25) is 0 Å². The van der Waals surface area contributed by atoms with Crippen LogP contribution in [0.5, 0.6) is 0 Å². The van der Waals surface area contributed by atoms with Gasteiger partial charge >= 0.3 is 11.9 Å². The maximum Gasteiger partial charge on any atom is 0.339 e. The number of anilines is 1. The van der Waals surface area contributed by atoms with E-state index in [1.54, 1.807) is 12.1 Å². The van der Waals surface area contributed by atoms with Crippen LogP contribution in [0.1, 0.15) is 33.6 Å². The molecule has 1 saturated heterocycles. The van der Waals surface area contributed by atoms with Crippen molar-refractivity contribution in [1.82, 2.24) is 9.97 Å². The summed E-state index contributed by atoms with van der Waals surface area (Å²) in [5, 5.41) is 9.36. The zero-order valence-electron chi connectivity index (χ0n) is 19.6. The van der Waals surface area contributed by atoms with Gasteiger partial charge in [-0.25, -0.2) is 19.6 Å². The number of aromatic carboxylic acids is 1. The van der Waals surface area contributed by atoms with E-state index in [0.29, 0.717) is 31.8 Å². The molecule has 0 saturated carbocycles. The fourth-order valence-corrected chi connectivity index (χ4v) is 4.33. The van der Waals surface area contributed by atoms with Gasteiger partial charge in [0, 0.05) is 43.1 Å². The van der Waals surface area contributed by atoms with Crippen molar-refractivity contribution in [1.29, 1.82) is 0 Å². The molecule has 7 heteroatoms. The van der Waals surface area contributed by atoms with E-state index in [0.717, 1.165) is 22.6 Å². The number of rotatable bonds is 6. The van der Waals surface area contributed by atoms with Gasteiger partial charge in [-0.1, -0.05) is 72.8 Å². The van der Waals surface area contributed by atoms with Crippen molar-refractivity contribution in [3.05, 3.63) is 102 Å². The maximum atomic E-state index is 12.7. The molecule has 0 amide bonds. The molecule has 0 radical (unpaired) electrons. The molecule has 1 aliphatic rings. The summed E-state index contributed by atoms with van der Waals surface area (Å²) >= 11 is 0. The number of carbonyl (C=O) groups is 2. The number of piperidine rings is 1. The summed E-state index contributed by atoms with van der Waals surface area (Å²) in [7, 11) is 0. The highest BCUT2D eigenvalue weighted by atomic mass is 16.5. The Bertz CT molecular complexity index is 1310. The van der Waals surface area contributed by atoms with Crippen molar-refractivity contribution >= 4 is 17.8 Å². The Labute approximate surface area is 209 Å². The summed E-state index contributed by atoms with van der Waals surface area (Å²) in [5.74, 6) is -0.273. The largest absolute Gasteiger partial charge is 0.478 e. The summed E-state index contributed by atoms with van der Waals surface area (Å²) in [6, 6.07) is 28.0. The van der Waals surface area contributed by atoms with Crippen molar-refractivity contribution in [3.8, 4) is 22.6 Å². The molecule has 0 bridgehead atoms. The molecule has 180 valence electrons. The highest BCUT2D eigenvalue weighted by Gasteiger charge is 2.26. The van der Waals surface area contributed by atoms with Crippen LogP contribution in [0.3, 0.4) is 0 Å². The van der Waals surface area contributed by atoms with Crippen LogP contribution in [-0.2, 0) is 4.74 Å². The minimum absolute atomic E-state index is 0.0530. The molecule has 3 aromatic carbocycles. The van der Waals surface area contributed by atoms with Gasteiger partial charge in [0.1, 0.15) is 11.9 Å². The quantitative estimate of drug-likeness (QED) is 0.374. The van der Waals surface area contributed by atoms with E-state index in [9.17, 15) is 14.7 Å². The number of carboxylic acid groups (broad SMARTS) is 1. The highest BCUT2D eigenvalue weighted by molar-refractivity contribution is 6.02. The third kappa shape index (κ3) is 5.10. The number of nitrogens with zero attached hydrogens (tertiary/aromatic N) is 3. The van der Waals surface area contributed by atoms with Crippen LogP contribution in [0.4, 0.5) is 5.82 Å². The molecule has 1 N–H and O–H groups in total. The Balaban J connectivity index is 1.34. The fourth-order valence-electron chi connectivity index (χ4n) is 4.33. The monoisotopic (exact) mass is 479 g/mol. The van der Waals surface area contributed by atoms with Gasteiger partial charge < -0.3 is 14.7 Å². The molecule has 0 spiro atoms. The van der Waals surface area contributed by atoms with Gasteiger partial charge in [0.05, 0.1) is 16.8 Å². The van der Waals surface area contributed by atoms with Crippen LogP contribution in [0, 0.1) is 0 Å². The summed E-state index contributed by atoms with van der Waals surface area (Å²) < 4.78 is 5.68. The molecule has 36 heavy (non-hydrogen) atoms. The van der Waals surface area contributed by atoms with E-state index in [4.69, 9.17) is 14.7 Å². The van der Waals surface area contributed by atoms with E-state index in [1.165, 1.54) is 12.1 Å². The van der Waals surface area contributed by atoms with E-state index < -0.39 is 11.9 Å². The lowest BCUT2D eigenvalue weighted by Crippen LogP contribution is -2.38. The zero-order valence-corrected chi connectivity index (χ0v) is 19.6. The lowest BCUT2D eigenvalue weighted by atomic mass is 10.1. The van der Waals surface area contributed by atoms with Crippen LogP contribution in [-0.4, -0.2) is 46.2 Å². The number of carbonyl (C=O) groups excluding carboxylic acids is 1. The second-order valence-electron chi connectivity index (χ2n) is 8.61. The maximum absolute atomic E-state index is 12.7. The summed E-state index contributed by atoms with van der Waals surface area (Å²) in [5.41, 5.74) is 2.82. The van der Waals surface area contributed by atoms with Crippen molar-refractivity contribution in [2.45, 2.75) is 18.9 Å². The van der Waals surface area contributed by atoms with E-state index in [2.05, 4.69) is 4.90 Å². The molecule has 1 aromatic heterocycles. The smallest absolute Gasteiger partial charge is 0.339 e. The SMILES string of the molecule is O=C(O)c1ccccc1C(=O)OC1CCN(c2cc(-c3ccccc3)nc(-c3ccccc3)n2)CC1. The van der Waals surface area contributed by atoms with Crippen LogP contribution in [0.15, 0.2) is 91.0 Å². The average molecular weight is 480 g/mol. The molecule has 5 rings (SSSR count). The second kappa shape index (κ2) is 10.4. The molecule has 4 aromatic rings. The Morgan fingerprint density at radius 3 is 2.00 bits per heavy atom. The first-order chi connectivity index (χ1) is 17.6. The van der Waals surface area contributed by atoms with Crippen LogP contribution in [0.25, 0.3) is 22.6 Å². The average Bonchev–Trinajstić information content (AvgIpc) is 2.94. The molecule has 0 unspecified atom stereocenters. The number of aromatic nitrogens is 2. The second-order valence-corrected chi connectivity index (χ2v) is 8.61. The number of esters is 1. The summed E-state index contributed by atoms with van der Waals surface area (Å²) in [4.78, 5) is 36.0. The zero-order chi connectivity index (χ0) is 24.9. The molecular weight excluding hydrogens is 454 g/mol. The predicted octanol–water partition coefficient (Wildman–Crippen LogP) is 5.33. The number of hydrogen-bond acceptors (Lipinski definition) is 6. The Morgan fingerprint density at radius 1 is 0.778 bits per heavy atom. The minimum atomic E-state index is -1.15. The van der Waals surface area contributed by atoms with Crippen molar-refractivity contribution in [3.63, 3.8) is 0 Å². The third-order valence-electron chi connectivity index (χ3n) is 6.23. The number of benzene rings is 3. The fraction of sp³-hybridized carbons (Fsp3) is 0.172. The lowest BCUT2D eigenvalue weighted by Gasteiger charge is -2.32. The van der Waals surface area contributed by atoms with E-state index in [-0.39, 0.29) is 17.2 Å². The Morgan fingerprint density at radius 2 is 1.36 bits per heavy atom.